The largest absolute Gasteiger partial charge is 0.471 e. The van der Waals surface area contributed by atoms with E-state index in [9.17, 15) is 4.39 Å². The highest BCUT2D eigenvalue weighted by Crippen LogP contribution is 2.31. The number of hydrogen-bond donors (Lipinski definition) is 1. The molecule has 0 atom stereocenters. The summed E-state index contributed by atoms with van der Waals surface area (Å²) in [6, 6.07) is 6.49. The average molecular weight is 322 g/mol. The molecule has 0 saturated carbocycles. The number of halogens is 2. The number of aromatic nitrogens is 2. The summed E-state index contributed by atoms with van der Waals surface area (Å²) in [7, 11) is 0. The fourth-order valence-electron chi connectivity index (χ4n) is 2.67. The fourth-order valence-corrected chi connectivity index (χ4v) is 2.83. The normalized spacial score (nSPS) is 15.7. The molecule has 0 bridgehead atoms. The molecule has 116 valence electrons. The number of piperidine rings is 1. The molecule has 1 aromatic heterocycles. The Morgan fingerprint density at radius 2 is 2.09 bits per heavy atom. The van der Waals surface area contributed by atoms with E-state index in [2.05, 4.69) is 15.5 Å². The monoisotopic (exact) mass is 321 g/mol. The molecule has 1 aromatic carbocycles. The highest BCUT2D eigenvalue weighted by Gasteiger charge is 2.20. The Labute approximate surface area is 133 Å². The molecule has 22 heavy (non-hydrogen) atoms. The molecule has 4 nitrogen and oxygen atoms in total. The first-order chi connectivity index (χ1) is 10.7. The van der Waals surface area contributed by atoms with Crippen molar-refractivity contribution in [2.24, 2.45) is 0 Å². The van der Waals surface area contributed by atoms with Gasteiger partial charge in [-0.3, -0.25) is 0 Å². The molecule has 0 spiro atoms. The maximum absolute atomic E-state index is 13.8. The van der Waals surface area contributed by atoms with E-state index in [4.69, 9.17) is 16.3 Å². The lowest BCUT2D eigenvalue weighted by Gasteiger charge is -2.23. The van der Waals surface area contributed by atoms with Crippen molar-refractivity contribution in [2.45, 2.75) is 25.4 Å². The Balaban J connectivity index is 1.74. The minimum atomic E-state index is -0.375. The standard InChI is InChI=1S/C16H17ClFN3O/c17-13-2-1-12(15(18)9-13)10-22-16-14(5-8-20-21-16)11-3-6-19-7-4-11/h1-2,5,8-9,11,19H,3-4,6-7,10H2. The summed E-state index contributed by atoms with van der Waals surface area (Å²) in [5.74, 6) is 0.519. The van der Waals surface area contributed by atoms with E-state index in [0.717, 1.165) is 31.5 Å². The molecule has 0 aliphatic carbocycles. The molecule has 0 unspecified atom stereocenters. The summed E-state index contributed by atoms with van der Waals surface area (Å²) in [6.45, 7) is 2.08. The summed E-state index contributed by atoms with van der Waals surface area (Å²) in [6.07, 6.45) is 3.75. The van der Waals surface area contributed by atoms with E-state index >= 15 is 0 Å². The first-order valence-corrected chi connectivity index (χ1v) is 7.71. The second kappa shape index (κ2) is 7.03. The molecular formula is C16H17ClFN3O. The summed E-state index contributed by atoms with van der Waals surface area (Å²) >= 11 is 5.75. The van der Waals surface area contributed by atoms with Crippen LogP contribution in [0.1, 0.15) is 29.9 Å². The first-order valence-electron chi connectivity index (χ1n) is 7.33. The van der Waals surface area contributed by atoms with Crippen molar-refractivity contribution in [3.63, 3.8) is 0 Å². The quantitative estimate of drug-likeness (QED) is 0.938. The summed E-state index contributed by atoms with van der Waals surface area (Å²) in [5.41, 5.74) is 1.50. The van der Waals surface area contributed by atoms with Crippen molar-refractivity contribution in [1.29, 1.82) is 0 Å². The van der Waals surface area contributed by atoms with Gasteiger partial charge in [-0.05, 0) is 50.0 Å². The van der Waals surface area contributed by atoms with Crippen LogP contribution in [-0.4, -0.2) is 23.3 Å². The molecule has 6 heteroatoms. The zero-order valence-electron chi connectivity index (χ0n) is 12.1. The molecule has 1 fully saturated rings. The fraction of sp³-hybridized carbons (Fsp3) is 0.375. The van der Waals surface area contributed by atoms with Gasteiger partial charge in [0, 0.05) is 16.1 Å². The van der Waals surface area contributed by atoms with E-state index < -0.39 is 0 Å². The van der Waals surface area contributed by atoms with Crippen LogP contribution >= 0.6 is 11.6 Å². The smallest absolute Gasteiger partial charge is 0.237 e. The third kappa shape index (κ3) is 3.54. The molecule has 0 radical (unpaired) electrons. The van der Waals surface area contributed by atoms with E-state index in [0.29, 0.717) is 22.4 Å². The summed E-state index contributed by atoms with van der Waals surface area (Å²) in [5, 5.41) is 11.7. The summed E-state index contributed by atoms with van der Waals surface area (Å²) < 4.78 is 19.5. The minimum Gasteiger partial charge on any atom is -0.471 e. The van der Waals surface area contributed by atoms with Gasteiger partial charge in [0.2, 0.25) is 5.88 Å². The average Bonchev–Trinajstić information content (AvgIpc) is 2.55. The lowest BCUT2D eigenvalue weighted by atomic mass is 9.91. The van der Waals surface area contributed by atoms with Gasteiger partial charge in [-0.15, -0.1) is 5.10 Å². The van der Waals surface area contributed by atoms with E-state index in [-0.39, 0.29) is 12.4 Å². The maximum atomic E-state index is 13.8. The van der Waals surface area contributed by atoms with Gasteiger partial charge in [-0.1, -0.05) is 17.7 Å². The second-order valence-electron chi connectivity index (χ2n) is 5.34. The van der Waals surface area contributed by atoms with Crippen LogP contribution in [0.3, 0.4) is 0 Å². The number of benzene rings is 1. The Morgan fingerprint density at radius 3 is 2.86 bits per heavy atom. The van der Waals surface area contributed by atoms with Crippen LogP contribution in [0.4, 0.5) is 4.39 Å². The van der Waals surface area contributed by atoms with Crippen LogP contribution in [0.2, 0.25) is 5.02 Å². The lowest BCUT2D eigenvalue weighted by Crippen LogP contribution is -2.27. The lowest BCUT2D eigenvalue weighted by molar-refractivity contribution is 0.276. The topological polar surface area (TPSA) is 47.0 Å². The van der Waals surface area contributed by atoms with Crippen LogP contribution < -0.4 is 10.1 Å². The van der Waals surface area contributed by atoms with Crippen LogP contribution in [0, 0.1) is 5.82 Å². The molecule has 0 amide bonds. The van der Waals surface area contributed by atoms with Crippen LogP contribution in [0.5, 0.6) is 5.88 Å². The minimum absolute atomic E-state index is 0.111. The van der Waals surface area contributed by atoms with Gasteiger partial charge >= 0.3 is 0 Å². The van der Waals surface area contributed by atoms with Crippen molar-refractivity contribution in [3.05, 3.63) is 52.4 Å². The molecule has 1 N–H and O–H groups in total. The van der Waals surface area contributed by atoms with Gasteiger partial charge in [-0.2, -0.15) is 5.10 Å². The van der Waals surface area contributed by atoms with Crippen molar-refractivity contribution >= 4 is 11.6 Å². The Bertz CT molecular complexity index is 647. The number of nitrogens with one attached hydrogen (secondary N) is 1. The third-order valence-electron chi connectivity index (χ3n) is 3.87. The van der Waals surface area contributed by atoms with Crippen molar-refractivity contribution in [2.75, 3.05) is 13.1 Å². The van der Waals surface area contributed by atoms with Crippen LogP contribution in [-0.2, 0) is 6.61 Å². The van der Waals surface area contributed by atoms with Gasteiger partial charge in [-0.25, -0.2) is 4.39 Å². The number of rotatable bonds is 4. The van der Waals surface area contributed by atoms with E-state index in [1.807, 2.05) is 6.07 Å². The Kier molecular flexibility index (Phi) is 4.85. The molecule has 2 heterocycles. The Hall–Kier alpha value is -1.72. The molecule has 3 rings (SSSR count). The van der Waals surface area contributed by atoms with Crippen molar-refractivity contribution in [1.82, 2.24) is 15.5 Å². The number of ether oxygens (including phenoxy) is 1. The van der Waals surface area contributed by atoms with Crippen LogP contribution in [0.25, 0.3) is 0 Å². The molecule has 2 aromatic rings. The predicted octanol–water partition coefficient (Wildman–Crippen LogP) is 3.32. The van der Waals surface area contributed by atoms with E-state index in [1.54, 1.807) is 18.3 Å². The SMILES string of the molecule is Fc1cc(Cl)ccc1COc1nnccc1C1CCNCC1. The first kappa shape index (κ1) is 15.2. The maximum Gasteiger partial charge on any atom is 0.237 e. The van der Waals surface area contributed by atoms with Gasteiger partial charge in [0.25, 0.3) is 0 Å². The third-order valence-corrected chi connectivity index (χ3v) is 4.11. The van der Waals surface area contributed by atoms with Gasteiger partial charge in [0.1, 0.15) is 12.4 Å². The van der Waals surface area contributed by atoms with Gasteiger partial charge < -0.3 is 10.1 Å². The highest BCUT2D eigenvalue weighted by molar-refractivity contribution is 6.30. The van der Waals surface area contributed by atoms with Gasteiger partial charge in [0.15, 0.2) is 0 Å². The highest BCUT2D eigenvalue weighted by atomic mass is 35.5. The zero-order valence-corrected chi connectivity index (χ0v) is 12.8. The van der Waals surface area contributed by atoms with Crippen molar-refractivity contribution < 1.29 is 9.13 Å². The number of nitrogens with zero attached hydrogens (tertiary/aromatic N) is 2. The molecule has 1 saturated heterocycles. The second-order valence-corrected chi connectivity index (χ2v) is 5.78. The zero-order chi connectivity index (χ0) is 15.4. The predicted molar refractivity (Wildman–Crippen MR) is 82.6 cm³/mol. The van der Waals surface area contributed by atoms with E-state index in [1.165, 1.54) is 6.07 Å². The molecule has 1 aliphatic rings. The van der Waals surface area contributed by atoms with Crippen LogP contribution in [0.15, 0.2) is 30.5 Å². The van der Waals surface area contributed by atoms with Gasteiger partial charge in [0.05, 0.1) is 6.20 Å². The number of hydrogen-bond acceptors (Lipinski definition) is 4. The Morgan fingerprint density at radius 1 is 1.27 bits per heavy atom. The molecule has 1 aliphatic heterocycles. The summed E-state index contributed by atoms with van der Waals surface area (Å²) in [4.78, 5) is 0. The molecular weight excluding hydrogens is 305 g/mol. The van der Waals surface area contributed by atoms with Crippen molar-refractivity contribution in [3.8, 4) is 5.88 Å².